The summed E-state index contributed by atoms with van der Waals surface area (Å²) in [6.07, 6.45) is 2.90. The van der Waals surface area contributed by atoms with Crippen LogP contribution in [0, 0.1) is 0 Å². The van der Waals surface area contributed by atoms with Gasteiger partial charge in [0.25, 0.3) is 0 Å². The van der Waals surface area contributed by atoms with Gasteiger partial charge in [-0.25, -0.2) is 14.5 Å². The molecule has 1 atom stereocenters. The molecule has 4 rings (SSSR count). The first-order chi connectivity index (χ1) is 13.1. The minimum Gasteiger partial charge on any atom is -0.474 e. The standard InChI is InChI=1S/C19H24N4O4/c1-4-26-19(24)16-17(21-23-8-7-12(2)27-18(16)23)13-5-6-15(20-9-13)22-10-14(11-22)25-3/h5-6,9,12,14H,4,7-8,10-11H2,1-3H3/t12-/m1/s1. The monoisotopic (exact) mass is 372 g/mol. The predicted molar refractivity (Wildman–Crippen MR) is 99.1 cm³/mol. The molecule has 0 aromatic carbocycles. The molecule has 0 N–H and O–H groups in total. The molecule has 2 aliphatic heterocycles. The Kier molecular flexibility index (Phi) is 4.73. The molecule has 0 radical (unpaired) electrons. The van der Waals surface area contributed by atoms with E-state index in [1.54, 1.807) is 24.9 Å². The number of methoxy groups -OCH3 is 1. The second-order valence-corrected chi connectivity index (χ2v) is 6.86. The smallest absolute Gasteiger partial charge is 0.345 e. The molecule has 0 saturated carbocycles. The molecule has 8 nitrogen and oxygen atoms in total. The third kappa shape index (κ3) is 3.25. The highest BCUT2D eigenvalue weighted by atomic mass is 16.5. The Morgan fingerprint density at radius 1 is 1.37 bits per heavy atom. The summed E-state index contributed by atoms with van der Waals surface area (Å²) in [6.45, 7) is 6.45. The fourth-order valence-electron chi connectivity index (χ4n) is 3.35. The molecule has 2 aromatic rings. The van der Waals surface area contributed by atoms with Crippen LogP contribution in [-0.4, -0.2) is 59.7 Å². The fourth-order valence-corrected chi connectivity index (χ4v) is 3.35. The summed E-state index contributed by atoms with van der Waals surface area (Å²) in [4.78, 5) is 19.3. The van der Waals surface area contributed by atoms with Gasteiger partial charge in [-0.3, -0.25) is 0 Å². The van der Waals surface area contributed by atoms with E-state index in [4.69, 9.17) is 14.2 Å². The van der Waals surface area contributed by atoms with Crippen LogP contribution in [0.2, 0.25) is 0 Å². The number of carbonyl (C=O) groups excluding carboxylic acids is 1. The maximum absolute atomic E-state index is 12.6. The molecule has 0 amide bonds. The molecule has 4 heterocycles. The van der Waals surface area contributed by atoms with Crippen molar-refractivity contribution in [2.45, 2.75) is 39.0 Å². The average molecular weight is 372 g/mol. The van der Waals surface area contributed by atoms with Crippen LogP contribution in [0.25, 0.3) is 11.3 Å². The van der Waals surface area contributed by atoms with Crippen molar-refractivity contribution < 1.29 is 19.0 Å². The third-order valence-corrected chi connectivity index (χ3v) is 4.97. The number of nitrogens with zero attached hydrogens (tertiary/aromatic N) is 4. The summed E-state index contributed by atoms with van der Waals surface area (Å²) in [5.74, 6) is 0.952. The van der Waals surface area contributed by atoms with E-state index >= 15 is 0 Å². The van der Waals surface area contributed by atoms with Crippen molar-refractivity contribution in [1.29, 1.82) is 0 Å². The SMILES string of the molecule is CCOC(=O)c1c(-c2ccc(N3CC(OC)C3)nc2)nn2c1O[C@H](C)CC2. The van der Waals surface area contributed by atoms with Crippen molar-refractivity contribution in [3.63, 3.8) is 0 Å². The molecule has 0 spiro atoms. The molecule has 2 aromatic heterocycles. The molecular formula is C19H24N4O4. The normalized spacial score (nSPS) is 19.2. The van der Waals surface area contributed by atoms with Crippen LogP contribution in [0.1, 0.15) is 30.6 Å². The van der Waals surface area contributed by atoms with Crippen LogP contribution in [0.15, 0.2) is 18.3 Å². The summed E-state index contributed by atoms with van der Waals surface area (Å²) in [6, 6.07) is 3.88. The summed E-state index contributed by atoms with van der Waals surface area (Å²) >= 11 is 0. The summed E-state index contributed by atoms with van der Waals surface area (Å²) < 4.78 is 18.2. The summed E-state index contributed by atoms with van der Waals surface area (Å²) in [5, 5.41) is 4.61. The van der Waals surface area contributed by atoms with E-state index in [2.05, 4.69) is 15.0 Å². The van der Waals surface area contributed by atoms with Crippen molar-refractivity contribution in [3.8, 4) is 17.1 Å². The number of carbonyl (C=O) groups is 1. The van der Waals surface area contributed by atoms with E-state index in [9.17, 15) is 4.79 Å². The largest absolute Gasteiger partial charge is 0.474 e. The van der Waals surface area contributed by atoms with Gasteiger partial charge in [-0.05, 0) is 26.0 Å². The second kappa shape index (κ2) is 7.19. The van der Waals surface area contributed by atoms with E-state index in [-0.39, 0.29) is 12.2 Å². The highest BCUT2D eigenvalue weighted by molar-refractivity contribution is 5.98. The third-order valence-electron chi connectivity index (χ3n) is 4.97. The van der Waals surface area contributed by atoms with E-state index in [1.165, 1.54) is 0 Å². The molecule has 144 valence electrons. The number of hydrogen-bond donors (Lipinski definition) is 0. The van der Waals surface area contributed by atoms with Crippen molar-refractivity contribution >= 4 is 11.8 Å². The Bertz CT molecular complexity index is 827. The van der Waals surface area contributed by atoms with Gasteiger partial charge in [-0.1, -0.05) is 0 Å². The zero-order valence-corrected chi connectivity index (χ0v) is 15.8. The lowest BCUT2D eigenvalue weighted by Crippen LogP contribution is -2.52. The first-order valence-corrected chi connectivity index (χ1v) is 9.29. The van der Waals surface area contributed by atoms with Crippen LogP contribution >= 0.6 is 0 Å². The summed E-state index contributed by atoms with van der Waals surface area (Å²) in [5.41, 5.74) is 1.69. The van der Waals surface area contributed by atoms with Gasteiger partial charge in [0.2, 0.25) is 5.88 Å². The first-order valence-electron chi connectivity index (χ1n) is 9.29. The Morgan fingerprint density at radius 2 is 2.19 bits per heavy atom. The van der Waals surface area contributed by atoms with Gasteiger partial charge in [-0.2, -0.15) is 5.10 Å². The number of fused-ring (bicyclic) bond motifs is 1. The predicted octanol–water partition coefficient (Wildman–Crippen LogP) is 2.13. The molecule has 0 aliphatic carbocycles. The van der Waals surface area contributed by atoms with Crippen LogP contribution in [-0.2, 0) is 16.0 Å². The zero-order chi connectivity index (χ0) is 19.0. The number of aryl methyl sites for hydroxylation is 1. The van der Waals surface area contributed by atoms with Crippen LogP contribution in [0.3, 0.4) is 0 Å². The maximum atomic E-state index is 12.6. The highest BCUT2D eigenvalue weighted by Crippen LogP contribution is 2.35. The minimum absolute atomic E-state index is 0.0378. The molecule has 8 heteroatoms. The molecule has 0 unspecified atom stereocenters. The molecular weight excluding hydrogens is 348 g/mol. The Hall–Kier alpha value is -2.61. The lowest BCUT2D eigenvalue weighted by Gasteiger charge is -2.38. The molecule has 0 bridgehead atoms. The maximum Gasteiger partial charge on any atom is 0.345 e. The van der Waals surface area contributed by atoms with Gasteiger partial charge < -0.3 is 19.1 Å². The van der Waals surface area contributed by atoms with Crippen molar-refractivity contribution in [1.82, 2.24) is 14.8 Å². The molecule has 1 fully saturated rings. The second-order valence-electron chi connectivity index (χ2n) is 6.86. The van der Waals surface area contributed by atoms with Crippen LogP contribution in [0.4, 0.5) is 5.82 Å². The fraction of sp³-hybridized carbons (Fsp3) is 0.526. The van der Waals surface area contributed by atoms with Gasteiger partial charge >= 0.3 is 5.97 Å². The van der Waals surface area contributed by atoms with Gasteiger partial charge in [0.15, 0.2) is 0 Å². The van der Waals surface area contributed by atoms with Gasteiger partial charge in [0, 0.05) is 44.9 Å². The van der Waals surface area contributed by atoms with Gasteiger partial charge in [-0.15, -0.1) is 0 Å². The molecule has 2 aliphatic rings. The number of hydrogen-bond acceptors (Lipinski definition) is 7. The lowest BCUT2D eigenvalue weighted by molar-refractivity contribution is 0.0515. The Morgan fingerprint density at radius 3 is 2.85 bits per heavy atom. The Labute approximate surface area is 158 Å². The van der Waals surface area contributed by atoms with Crippen molar-refractivity contribution in [2.24, 2.45) is 0 Å². The Balaban J connectivity index is 1.65. The van der Waals surface area contributed by atoms with Crippen LogP contribution in [0.5, 0.6) is 5.88 Å². The first kappa shape index (κ1) is 17.8. The quantitative estimate of drug-likeness (QED) is 0.744. The zero-order valence-electron chi connectivity index (χ0n) is 15.8. The van der Waals surface area contributed by atoms with E-state index in [0.717, 1.165) is 30.9 Å². The number of anilines is 1. The van der Waals surface area contributed by atoms with Crippen molar-refractivity contribution in [2.75, 3.05) is 31.7 Å². The molecule has 27 heavy (non-hydrogen) atoms. The van der Waals surface area contributed by atoms with E-state index in [0.29, 0.717) is 30.3 Å². The number of rotatable bonds is 5. The van der Waals surface area contributed by atoms with E-state index < -0.39 is 5.97 Å². The lowest BCUT2D eigenvalue weighted by atomic mass is 10.1. The van der Waals surface area contributed by atoms with Crippen LogP contribution < -0.4 is 9.64 Å². The number of aromatic nitrogens is 3. The topological polar surface area (TPSA) is 78.7 Å². The van der Waals surface area contributed by atoms with Gasteiger partial charge in [0.1, 0.15) is 17.1 Å². The highest BCUT2D eigenvalue weighted by Gasteiger charge is 2.31. The number of esters is 1. The number of pyridine rings is 1. The average Bonchev–Trinajstić information content (AvgIpc) is 3.00. The van der Waals surface area contributed by atoms with Gasteiger partial charge in [0.05, 0.1) is 18.8 Å². The van der Waals surface area contributed by atoms with E-state index in [1.807, 2.05) is 19.1 Å². The minimum atomic E-state index is -0.419. The summed E-state index contributed by atoms with van der Waals surface area (Å²) in [7, 11) is 1.72. The van der Waals surface area contributed by atoms with Crippen molar-refractivity contribution in [3.05, 3.63) is 23.9 Å². The molecule has 1 saturated heterocycles. The number of ether oxygens (including phenoxy) is 3.